The van der Waals surface area contributed by atoms with Crippen molar-refractivity contribution < 1.29 is 9.50 Å². The van der Waals surface area contributed by atoms with Crippen LogP contribution >= 0.6 is 27.7 Å². The maximum atomic E-state index is 13.0. The summed E-state index contributed by atoms with van der Waals surface area (Å²) < 4.78 is 13.9. The first-order chi connectivity index (χ1) is 7.99. The number of aliphatic hydroxyl groups excluding tert-OH is 1. The fraction of sp³-hybridized carbons (Fsp3) is 0.538. The highest BCUT2D eigenvalue weighted by atomic mass is 79.9. The van der Waals surface area contributed by atoms with Crippen LogP contribution in [0.25, 0.3) is 0 Å². The van der Waals surface area contributed by atoms with Crippen molar-refractivity contribution in [3.63, 3.8) is 0 Å². The molecular formula is C13H18BrFOS. The molecule has 0 radical (unpaired) electrons. The summed E-state index contributed by atoms with van der Waals surface area (Å²) in [5, 5.41) is 9.87. The van der Waals surface area contributed by atoms with Crippen molar-refractivity contribution in [3.8, 4) is 0 Å². The van der Waals surface area contributed by atoms with Crippen LogP contribution in [0.3, 0.4) is 0 Å². The van der Waals surface area contributed by atoms with Crippen LogP contribution < -0.4 is 0 Å². The summed E-state index contributed by atoms with van der Waals surface area (Å²) in [6.07, 6.45) is 0.0699. The molecule has 0 spiro atoms. The fourth-order valence-corrected chi connectivity index (χ4v) is 2.86. The standard InChI is InChI=1S/C13H18BrFOS/c1-9(2)7-17-8-12(16)6-10-5-11(15)3-4-13(10)14/h3-5,9,12,16H,6-8H2,1-2H3. The summed E-state index contributed by atoms with van der Waals surface area (Å²) in [6.45, 7) is 4.31. The average molecular weight is 321 g/mol. The van der Waals surface area contributed by atoms with Gasteiger partial charge in [0.25, 0.3) is 0 Å². The van der Waals surface area contributed by atoms with E-state index in [1.807, 2.05) is 0 Å². The molecule has 1 rings (SSSR count). The molecule has 0 amide bonds. The molecule has 0 heterocycles. The zero-order valence-electron chi connectivity index (χ0n) is 10.1. The Bertz CT molecular complexity index is 357. The molecule has 17 heavy (non-hydrogen) atoms. The van der Waals surface area contributed by atoms with Crippen molar-refractivity contribution in [3.05, 3.63) is 34.1 Å². The highest BCUT2D eigenvalue weighted by Gasteiger charge is 2.09. The predicted molar refractivity (Wildman–Crippen MR) is 76.0 cm³/mol. The van der Waals surface area contributed by atoms with Gasteiger partial charge in [-0.2, -0.15) is 11.8 Å². The van der Waals surface area contributed by atoms with E-state index in [0.29, 0.717) is 18.1 Å². The molecule has 1 unspecified atom stereocenters. The van der Waals surface area contributed by atoms with Gasteiger partial charge in [0, 0.05) is 16.6 Å². The molecule has 0 bridgehead atoms. The highest BCUT2D eigenvalue weighted by Crippen LogP contribution is 2.20. The SMILES string of the molecule is CC(C)CSCC(O)Cc1cc(F)ccc1Br. The highest BCUT2D eigenvalue weighted by molar-refractivity contribution is 9.10. The van der Waals surface area contributed by atoms with E-state index in [-0.39, 0.29) is 5.82 Å². The third-order valence-electron chi connectivity index (χ3n) is 2.22. The summed E-state index contributed by atoms with van der Waals surface area (Å²) in [4.78, 5) is 0. The molecular weight excluding hydrogens is 303 g/mol. The van der Waals surface area contributed by atoms with E-state index in [1.54, 1.807) is 17.8 Å². The smallest absolute Gasteiger partial charge is 0.123 e. The van der Waals surface area contributed by atoms with E-state index >= 15 is 0 Å². The molecule has 0 fully saturated rings. The summed E-state index contributed by atoms with van der Waals surface area (Å²) in [7, 11) is 0. The molecule has 0 saturated heterocycles. The number of halogens is 2. The molecule has 4 heteroatoms. The van der Waals surface area contributed by atoms with Crippen molar-refractivity contribution >= 4 is 27.7 Å². The maximum Gasteiger partial charge on any atom is 0.123 e. The number of rotatable bonds is 6. The Labute approximate surface area is 115 Å². The molecule has 1 aromatic rings. The Morgan fingerprint density at radius 1 is 1.35 bits per heavy atom. The number of hydrogen-bond acceptors (Lipinski definition) is 2. The van der Waals surface area contributed by atoms with Gasteiger partial charge in [0.05, 0.1) is 6.10 Å². The van der Waals surface area contributed by atoms with Gasteiger partial charge in [0.2, 0.25) is 0 Å². The molecule has 0 aliphatic rings. The summed E-state index contributed by atoms with van der Waals surface area (Å²) in [5.74, 6) is 2.11. The van der Waals surface area contributed by atoms with E-state index in [4.69, 9.17) is 0 Å². The third kappa shape index (κ3) is 5.89. The van der Waals surface area contributed by atoms with Crippen molar-refractivity contribution in [2.45, 2.75) is 26.4 Å². The topological polar surface area (TPSA) is 20.2 Å². The van der Waals surface area contributed by atoms with Gasteiger partial charge >= 0.3 is 0 Å². The van der Waals surface area contributed by atoms with Crippen LogP contribution in [0.2, 0.25) is 0 Å². The van der Waals surface area contributed by atoms with E-state index in [9.17, 15) is 9.50 Å². The van der Waals surface area contributed by atoms with Crippen molar-refractivity contribution in [1.29, 1.82) is 0 Å². The Kier molecular flexibility index (Phi) is 6.52. The zero-order valence-corrected chi connectivity index (χ0v) is 12.5. The first-order valence-corrected chi connectivity index (χ1v) is 7.63. The number of hydrogen-bond donors (Lipinski definition) is 1. The number of thioether (sulfide) groups is 1. The van der Waals surface area contributed by atoms with Gasteiger partial charge in [-0.05, 0) is 35.4 Å². The van der Waals surface area contributed by atoms with E-state index in [1.165, 1.54) is 12.1 Å². The van der Waals surface area contributed by atoms with Gasteiger partial charge in [0.15, 0.2) is 0 Å². The number of aliphatic hydroxyl groups is 1. The van der Waals surface area contributed by atoms with Gasteiger partial charge in [0.1, 0.15) is 5.82 Å². The zero-order chi connectivity index (χ0) is 12.8. The minimum absolute atomic E-state index is 0.259. The molecule has 1 aromatic carbocycles. The van der Waals surface area contributed by atoms with Gasteiger partial charge in [-0.1, -0.05) is 29.8 Å². The second-order valence-corrected chi connectivity index (χ2v) is 6.45. The Morgan fingerprint density at radius 3 is 2.71 bits per heavy atom. The van der Waals surface area contributed by atoms with Crippen molar-refractivity contribution in [1.82, 2.24) is 0 Å². The maximum absolute atomic E-state index is 13.0. The average Bonchev–Trinajstić information content (AvgIpc) is 2.23. The van der Waals surface area contributed by atoms with Crippen LogP contribution in [0, 0.1) is 11.7 Å². The van der Waals surface area contributed by atoms with Crippen LogP contribution in [0.15, 0.2) is 22.7 Å². The monoisotopic (exact) mass is 320 g/mol. The summed E-state index contributed by atoms with van der Waals surface area (Å²) in [5.41, 5.74) is 0.822. The molecule has 0 aliphatic carbocycles. The molecule has 96 valence electrons. The Hall–Kier alpha value is -0.0600. The lowest BCUT2D eigenvalue weighted by molar-refractivity contribution is 0.200. The van der Waals surface area contributed by atoms with Crippen LogP contribution in [-0.4, -0.2) is 22.7 Å². The predicted octanol–water partition coefficient (Wildman–Crippen LogP) is 3.88. The second kappa shape index (κ2) is 7.39. The summed E-state index contributed by atoms with van der Waals surface area (Å²) >= 11 is 5.11. The van der Waals surface area contributed by atoms with Crippen LogP contribution in [0.5, 0.6) is 0 Å². The van der Waals surface area contributed by atoms with E-state index < -0.39 is 6.10 Å². The lowest BCUT2D eigenvalue weighted by Gasteiger charge is -2.12. The lowest BCUT2D eigenvalue weighted by Crippen LogP contribution is -2.15. The van der Waals surface area contributed by atoms with Gasteiger partial charge in [-0.25, -0.2) is 4.39 Å². The third-order valence-corrected chi connectivity index (χ3v) is 4.52. The normalized spacial score (nSPS) is 13.1. The van der Waals surface area contributed by atoms with Crippen molar-refractivity contribution in [2.24, 2.45) is 5.92 Å². The van der Waals surface area contributed by atoms with E-state index in [0.717, 1.165) is 15.8 Å². The molecule has 1 atom stereocenters. The molecule has 0 aromatic heterocycles. The van der Waals surface area contributed by atoms with Gasteiger partial charge in [-0.3, -0.25) is 0 Å². The van der Waals surface area contributed by atoms with E-state index in [2.05, 4.69) is 29.8 Å². The first-order valence-electron chi connectivity index (χ1n) is 5.68. The molecule has 1 nitrogen and oxygen atoms in total. The minimum atomic E-state index is -0.420. The fourth-order valence-electron chi connectivity index (χ4n) is 1.45. The Morgan fingerprint density at radius 2 is 2.06 bits per heavy atom. The summed E-state index contributed by atoms with van der Waals surface area (Å²) in [6, 6.07) is 4.56. The molecule has 0 aliphatic heterocycles. The quantitative estimate of drug-likeness (QED) is 0.858. The van der Waals surface area contributed by atoms with Crippen LogP contribution in [-0.2, 0) is 6.42 Å². The van der Waals surface area contributed by atoms with Gasteiger partial charge < -0.3 is 5.11 Å². The van der Waals surface area contributed by atoms with Crippen LogP contribution in [0.4, 0.5) is 4.39 Å². The molecule has 0 saturated carbocycles. The second-order valence-electron chi connectivity index (χ2n) is 4.52. The van der Waals surface area contributed by atoms with Crippen molar-refractivity contribution in [2.75, 3.05) is 11.5 Å². The van der Waals surface area contributed by atoms with Gasteiger partial charge in [-0.15, -0.1) is 0 Å². The first kappa shape index (κ1) is 15.0. The lowest BCUT2D eigenvalue weighted by atomic mass is 10.1. The Balaban J connectivity index is 2.44. The minimum Gasteiger partial charge on any atom is -0.392 e. The molecule has 1 N–H and O–H groups in total. The van der Waals surface area contributed by atoms with Crippen LogP contribution in [0.1, 0.15) is 19.4 Å². The largest absolute Gasteiger partial charge is 0.392 e. The number of benzene rings is 1.